The molecule has 23 heavy (non-hydrogen) atoms. The van der Waals surface area contributed by atoms with Crippen molar-refractivity contribution in [2.24, 2.45) is 0 Å². The zero-order valence-corrected chi connectivity index (χ0v) is 13.5. The summed E-state index contributed by atoms with van der Waals surface area (Å²) in [4.78, 5) is 11.9. The van der Waals surface area contributed by atoms with Crippen LogP contribution in [0, 0.1) is 0 Å². The molecule has 0 atom stereocenters. The van der Waals surface area contributed by atoms with Gasteiger partial charge in [-0.2, -0.15) is 13.2 Å². The van der Waals surface area contributed by atoms with Crippen LogP contribution in [0.3, 0.4) is 0 Å². The fourth-order valence-corrected chi connectivity index (χ4v) is 2.32. The van der Waals surface area contributed by atoms with Crippen molar-refractivity contribution in [1.82, 2.24) is 0 Å². The van der Waals surface area contributed by atoms with Gasteiger partial charge in [0.15, 0.2) is 0 Å². The first-order chi connectivity index (χ1) is 10.8. The third kappa shape index (κ3) is 4.38. The monoisotopic (exact) mass is 388 g/mol. The molecule has 122 valence electrons. The zero-order chi connectivity index (χ0) is 17.0. The summed E-state index contributed by atoms with van der Waals surface area (Å²) < 4.78 is 43.5. The third-order valence-electron chi connectivity index (χ3n) is 2.88. The zero-order valence-electron chi connectivity index (χ0n) is 11.9. The maximum absolute atomic E-state index is 12.8. The number of ether oxygens (including phenoxy) is 1. The molecule has 0 spiro atoms. The Kier molecular flexibility index (Phi) is 5.15. The normalized spacial score (nSPS) is 11.0. The molecule has 0 aliphatic heterocycles. The quantitative estimate of drug-likeness (QED) is 0.766. The number of halogens is 4. The summed E-state index contributed by atoms with van der Waals surface area (Å²) in [7, 11) is 1.45. The fraction of sp³-hybridized carbons (Fsp3) is 0.133. The van der Waals surface area contributed by atoms with E-state index in [1.807, 2.05) is 0 Å². The summed E-state index contributed by atoms with van der Waals surface area (Å²) in [6.07, 6.45) is -4.52. The lowest BCUT2D eigenvalue weighted by molar-refractivity contribution is -0.138. The Balaban J connectivity index is 2.15. The average molecular weight is 389 g/mol. The summed E-state index contributed by atoms with van der Waals surface area (Å²) in [6, 6.07) is 9.45. The third-order valence-corrected chi connectivity index (χ3v) is 3.58. The number of urea groups is 1. The topological polar surface area (TPSA) is 50.4 Å². The van der Waals surface area contributed by atoms with E-state index in [1.54, 1.807) is 24.3 Å². The number of alkyl halides is 3. The van der Waals surface area contributed by atoms with Crippen molar-refractivity contribution in [1.29, 1.82) is 0 Å². The van der Waals surface area contributed by atoms with Gasteiger partial charge in [-0.15, -0.1) is 0 Å². The van der Waals surface area contributed by atoms with Crippen molar-refractivity contribution in [2.45, 2.75) is 6.18 Å². The number of para-hydroxylation sites is 2. The van der Waals surface area contributed by atoms with Crippen LogP contribution in [-0.4, -0.2) is 13.1 Å². The van der Waals surface area contributed by atoms with Gasteiger partial charge >= 0.3 is 12.2 Å². The Morgan fingerprint density at radius 2 is 1.83 bits per heavy atom. The first-order valence-corrected chi connectivity index (χ1v) is 7.18. The average Bonchev–Trinajstić information content (AvgIpc) is 2.48. The van der Waals surface area contributed by atoms with E-state index in [0.29, 0.717) is 11.4 Å². The molecule has 2 aromatic carbocycles. The van der Waals surface area contributed by atoms with Crippen molar-refractivity contribution in [3.05, 3.63) is 52.5 Å². The molecule has 0 unspecified atom stereocenters. The van der Waals surface area contributed by atoms with Crippen LogP contribution in [0.15, 0.2) is 46.9 Å². The van der Waals surface area contributed by atoms with E-state index >= 15 is 0 Å². The van der Waals surface area contributed by atoms with Crippen molar-refractivity contribution in [3.63, 3.8) is 0 Å². The molecule has 8 heteroatoms. The summed E-state index contributed by atoms with van der Waals surface area (Å²) in [5.74, 6) is 0.439. The number of benzene rings is 2. The second-order valence-corrected chi connectivity index (χ2v) is 5.33. The van der Waals surface area contributed by atoms with Crippen LogP contribution >= 0.6 is 15.9 Å². The Bertz CT molecular complexity index is 720. The highest BCUT2D eigenvalue weighted by molar-refractivity contribution is 9.10. The number of methoxy groups -OCH3 is 1. The van der Waals surface area contributed by atoms with E-state index < -0.39 is 17.8 Å². The van der Waals surface area contributed by atoms with E-state index in [2.05, 4.69) is 26.6 Å². The Morgan fingerprint density at radius 1 is 1.13 bits per heavy atom. The number of rotatable bonds is 3. The minimum atomic E-state index is -4.52. The molecule has 0 heterocycles. The molecule has 0 aliphatic carbocycles. The summed E-state index contributed by atoms with van der Waals surface area (Å²) >= 11 is 2.84. The largest absolute Gasteiger partial charge is 0.495 e. The van der Waals surface area contributed by atoms with E-state index in [1.165, 1.54) is 19.2 Å². The summed E-state index contributed by atoms with van der Waals surface area (Å²) in [6.45, 7) is 0. The van der Waals surface area contributed by atoms with E-state index in [-0.39, 0.29) is 10.2 Å². The van der Waals surface area contributed by atoms with Crippen molar-refractivity contribution in [2.75, 3.05) is 17.7 Å². The molecule has 2 rings (SSSR count). The molecule has 0 radical (unpaired) electrons. The molecule has 2 N–H and O–H groups in total. The van der Waals surface area contributed by atoms with Crippen LogP contribution in [0.4, 0.5) is 29.3 Å². The van der Waals surface area contributed by atoms with Gasteiger partial charge < -0.3 is 15.4 Å². The number of nitrogens with one attached hydrogen (secondary N) is 2. The van der Waals surface area contributed by atoms with Gasteiger partial charge in [0.25, 0.3) is 0 Å². The van der Waals surface area contributed by atoms with Crippen molar-refractivity contribution < 1.29 is 22.7 Å². The lowest BCUT2D eigenvalue weighted by Crippen LogP contribution is -2.20. The van der Waals surface area contributed by atoms with Crippen molar-refractivity contribution >= 4 is 33.3 Å². The molecule has 0 aromatic heterocycles. The fourth-order valence-electron chi connectivity index (χ4n) is 1.85. The van der Waals surface area contributed by atoms with Gasteiger partial charge in [-0.3, -0.25) is 0 Å². The highest BCUT2D eigenvalue weighted by atomic mass is 79.9. The van der Waals surface area contributed by atoms with Crippen LogP contribution < -0.4 is 15.4 Å². The van der Waals surface area contributed by atoms with Gasteiger partial charge in [-0.25, -0.2) is 4.79 Å². The molecule has 2 aromatic rings. The Hall–Kier alpha value is -2.22. The van der Waals surface area contributed by atoms with Gasteiger partial charge in [-0.1, -0.05) is 28.1 Å². The maximum atomic E-state index is 12.8. The molecular weight excluding hydrogens is 377 g/mol. The van der Waals surface area contributed by atoms with Crippen LogP contribution in [0.1, 0.15) is 5.56 Å². The minimum Gasteiger partial charge on any atom is -0.495 e. The van der Waals surface area contributed by atoms with Gasteiger partial charge in [-0.05, 0) is 30.3 Å². The summed E-state index contributed by atoms with van der Waals surface area (Å²) in [5, 5.41) is 4.87. The lowest BCUT2D eigenvalue weighted by atomic mass is 10.2. The Morgan fingerprint density at radius 3 is 2.48 bits per heavy atom. The minimum absolute atomic E-state index is 0.0212. The number of anilines is 2. The van der Waals surface area contributed by atoms with Crippen molar-refractivity contribution in [3.8, 4) is 5.75 Å². The standard InChI is InChI=1S/C15H12BrF3N2O2/c1-23-13-5-3-2-4-12(13)21-14(22)20-9-6-7-11(16)10(8-9)15(17,18)19/h2-8H,1H3,(H2,20,21,22). The smallest absolute Gasteiger partial charge is 0.417 e. The van der Waals surface area contributed by atoms with Gasteiger partial charge in [0.2, 0.25) is 0 Å². The van der Waals surface area contributed by atoms with Crippen LogP contribution in [0.5, 0.6) is 5.75 Å². The van der Waals surface area contributed by atoms with Crippen LogP contribution in [-0.2, 0) is 6.18 Å². The number of hydrogen-bond donors (Lipinski definition) is 2. The molecule has 4 nitrogen and oxygen atoms in total. The van der Waals surface area contributed by atoms with Crippen LogP contribution in [0.25, 0.3) is 0 Å². The molecule has 2 amide bonds. The number of carbonyl (C=O) groups excluding carboxylic acids is 1. The molecule has 0 aliphatic rings. The predicted octanol–water partition coefficient (Wildman–Crippen LogP) is 5.12. The van der Waals surface area contributed by atoms with E-state index in [9.17, 15) is 18.0 Å². The molecular formula is C15H12BrF3N2O2. The van der Waals surface area contributed by atoms with Gasteiger partial charge in [0, 0.05) is 10.2 Å². The Labute approximate surface area is 138 Å². The number of carbonyl (C=O) groups is 1. The maximum Gasteiger partial charge on any atom is 0.417 e. The highest BCUT2D eigenvalue weighted by Crippen LogP contribution is 2.36. The van der Waals surface area contributed by atoms with Crippen LogP contribution in [0.2, 0.25) is 0 Å². The summed E-state index contributed by atoms with van der Waals surface area (Å²) in [5.41, 5.74) is -0.443. The van der Waals surface area contributed by atoms with Gasteiger partial charge in [0.1, 0.15) is 5.75 Å². The molecule has 0 bridgehead atoms. The molecule has 0 saturated heterocycles. The van der Waals surface area contributed by atoms with E-state index in [0.717, 1.165) is 6.07 Å². The lowest BCUT2D eigenvalue weighted by Gasteiger charge is -2.13. The highest BCUT2D eigenvalue weighted by Gasteiger charge is 2.33. The number of amides is 2. The number of hydrogen-bond acceptors (Lipinski definition) is 2. The predicted molar refractivity (Wildman–Crippen MR) is 84.8 cm³/mol. The molecule has 0 saturated carbocycles. The first kappa shape index (κ1) is 17.1. The van der Waals surface area contributed by atoms with E-state index in [4.69, 9.17) is 4.74 Å². The SMILES string of the molecule is COc1ccccc1NC(=O)Nc1ccc(Br)c(C(F)(F)F)c1. The van der Waals surface area contributed by atoms with Gasteiger partial charge in [0.05, 0.1) is 18.4 Å². The second kappa shape index (κ2) is 6.91. The first-order valence-electron chi connectivity index (χ1n) is 6.39. The second-order valence-electron chi connectivity index (χ2n) is 4.47. The molecule has 0 fully saturated rings.